The Kier molecular flexibility index (Phi) is 3.54. The van der Waals surface area contributed by atoms with Gasteiger partial charge in [0, 0.05) is 11.0 Å². The van der Waals surface area contributed by atoms with E-state index < -0.39 is 0 Å². The smallest absolute Gasteiger partial charge is 0.184 e. The second-order valence-electron chi connectivity index (χ2n) is 6.15. The highest BCUT2D eigenvalue weighted by Gasteiger charge is 2.48. The van der Waals surface area contributed by atoms with Crippen LogP contribution >= 0.6 is 23.2 Å². The van der Waals surface area contributed by atoms with Crippen LogP contribution in [0.25, 0.3) is 0 Å². The molecule has 1 saturated carbocycles. The first-order valence-electron chi connectivity index (χ1n) is 7.50. The van der Waals surface area contributed by atoms with E-state index in [0.29, 0.717) is 16.3 Å². The topological polar surface area (TPSA) is 69.9 Å². The molecule has 1 heterocycles. The first kappa shape index (κ1) is 14.9. The number of hydrogen-bond donors (Lipinski definition) is 0. The van der Waals surface area contributed by atoms with Crippen LogP contribution in [0.2, 0.25) is 10.0 Å². The average molecular weight is 353 g/mol. The molecule has 2 aliphatic carbocycles. The molecule has 2 aromatic rings. The molecule has 0 amide bonds. The fourth-order valence-electron chi connectivity index (χ4n) is 3.68. The molecule has 0 saturated heterocycles. The zero-order valence-electron chi connectivity index (χ0n) is 12.3. The predicted molar refractivity (Wildman–Crippen MR) is 83.8 cm³/mol. The first-order valence-corrected chi connectivity index (χ1v) is 8.26. The van der Waals surface area contributed by atoms with Crippen LogP contribution in [-0.4, -0.2) is 26.0 Å². The van der Waals surface area contributed by atoms with Crippen LogP contribution in [0.5, 0.6) is 5.75 Å². The summed E-state index contributed by atoms with van der Waals surface area (Å²) < 4.78 is 7.10. The highest BCUT2D eigenvalue weighted by molar-refractivity contribution is 6.45. The van der Waals surface area contributed by atoms with Gasteiger partial charge in [-0.3, -0.25) is 4.79 Å². The van der Waals surface area contributed by atoms with Crippen molar-refractivity contribution in [3.05, 3.63) is 33.6 Å². The molecule has 1 aromatic heterocycles. The van der Waals surface area contributed by atoms with Crippen LogP contribution in [0.3, 0.4) is 0 Å². The maximum absolute atomic E-state index is 12.8. The molecule has 1 aromatic carbocycles. The highest BCUT2D eigenvalue weighted by atomic mass is 35.5. The van der Waals surface area contributed by atoms with E-state index in [0.717, 1.165) is 37.7 Å². The number of Topliss-reactive ketones (excluding diaryl/α,β-unsaturated/α-hetero) is 1. The molecule has 1 spiro atoms. The summed E-state index contributed by atoms with van der Waals surface area (Å²) in [4.78, 5) is 12.8. The Morgan fingerprint density at radius 3 is 2.74 bits per heavy atom. The Labute approximate surface area is 142 Å². The minimum absolute atomic E-state index is 0.126. The van der Waals surface area contributed by atoms with Crippen molar-refractivity contribution in [1.82, 2.24) is 20.2 Å². The summed E-state index contributed by atoms with van der Waals surface area (Å²) in [5.41, 5.74) is 1.23. The minimum atomic E-state index is -0.274. The van der Waals surface area contributed by atoms with Crippen molar-refractivity contribution in [1.29, 1.82) is 0 Å². The van der Waals surface area contributed by atoms with Crippen molar-refractivity contribution in [3.63, 3.8) is 0 Å². The maximum atomic E-state index is 12.8. The molecule has 0 N–H and O–H groups in total. The number of carbonyl (C=O) groups is 1. The fourth-order valence-corrected chi connectivity index (χ4v) is 4.19. The lowest BCUT2D eigenvalue weighted by Crippen LogP contribution is -2.23. The van der Waals surface area contributed by atoms with E-state index in [-0.39, 0.29) is 23.0 Å². The molecule has 6 nitrogen and oxygen atoms in total. The Balaban J connectivity index is 1.67. The number of aromatic nitrogens is 4. The highest BCUT2D eigenvalue weighted by Crippen LogP contribution is 2.52. The molecule has 0 unspecified atom stereocenters. The van der Waals surface area contributed by atoms with Gasteiger partial charge in [0.15, 0.2) is 12.5 Å². The van der Waals surface area contributed by atoms with Gasteiger partial charge in [0.05, 0.1) is 5.02 Å². The minimum Gasteiger partial charge on any atom is -0.469 e. The third-order valence-corrected chi connectivity index (χ3v) is 5.65. The zero-order valence-corrected chi connectivity index (χ0v) is 13.8. The van der Waals surface area contributed by atoms with Crippen molar-refractivity contribution >= 4 is 29.0 Å². The molecule has 0 radical (unpaired) electrons. The first-order chi connectivity index (χ1) is 11.1. The van der Waals surface area contributed by atoms with E-state index in [1.54, 1.807) is 0 Å². The SMILES string of the molecule is O=C1c2c(cc(OCn3cnnn3)c(Cl)c2Cl)CC12CCCC2. The lowest BCUT2D eigenvalue weighted by atomic mass is 9.82. The largest absolute Gasteiger partial charge is 0.469 e. The van der Waals surface area contributed by atoms with Gasteiger partial charge in [-0.2, -0.15) is 4.68 Å². The van der Waals surface area contributed by atoms with Crippen LogP contribution in [0.4, 0.5) is 0 Å². The predicted octanol–water partition coefficient (Wildman–Crippen LogP) is 3.32. The Hall–Kier alpha value is -1.66. The van der Waals surface area contributed by atoms with Gasteiger partial charge >= 0.3 is 0 Å². The molecule has 2 aliphatic rings. The summed E-state index contributed by atoms with van der Waals surface area (Å²) in [6.07, 6.45) is 6.20. The van der Waals surface area contributed by atoms with E-state index >= 15 is 0 Å². The van der Waals surface area contributed by atoms with E-state index in [4.69, 9.17) is 27.9 Å². The second kappa shape index (κ2) is 5.46. The lowest BCUT2D eigenvalue weighted by Gasteiger charge is -2.19. The van der Waals surface area contributed by atoms with Gasteiger partial charge in [0.2, 0.25) is 0 Å². The number of rotatable bonds is 3. The third kappa shape index (κ3) is 2.32. The van der Waals surface area contributed by atoms with Crippen molar-refractivity contribution in [2.75, 3.05) is 0 Å². The molecule has 23 heavy (non-hydrogen) atoms. The number of ketones is 1. The van der Waals surface area contributed by atoms with Crippen molar-refractivity contribution in [2.45, 2.75) is 38.8 Å². The molecule has 8 heteroatoms. The van der Waals surface area contributed by atoms with Crippen LogP contribution in [0.15, 0.2) is 12.4 Å². The molecule has 0 aliphatic heterocycles. The zero-order chi connectivity index (χ0) is 16.0. The monoisotopic (exact) mass is 352 g/mol. The fraction of sp³-hybridized carbons (Fsp3) is 0.467. The van der Waals surface area contributed by atoms with Crippen LogP contribution in [-0.2, 0) is 13.2 Å². The van der Waals surface area contributed by atoms with Crippen LogP contribution < -0.4 is 4.74 Å². The van der Waals surface area contributed by atoms with E-state index in [9.17, 15) is 4.79 Å². The Morgan fingerprint density at radius 1 is 1.26 bits per heavy atom. The van der Waals surface area contributed by atoms with Gasteiger partial charge in [-0.25, -0.2) is 0 Å². The van der Waals surface area contributed by atoms with E-state index in [2.05, 4.69) is 15.5 Å². The summed E-state index contributed by atoms with van der Waals surface area (Å²) in [5, 5.41) is 11.4. The Bertz CT molecular complexity index is 770. The summed E-state index contributed by atoms with van der Waals surface area (Å²) >= 11 is 12.7. The normalized spacial score (nSPS) is 18.6. The number of hydrogen-bond acceptors (Lipinski definition) is 5. The summed E-state index contributed by atoms with van der Waals surface area (Å²) in [6, 6.07) is 1.83. The van der Waals surface area contributed by atoms with E-state index in [1.807, 2.05) is 6.07 Å². The molecule has 1 fully saturated rings. The van der Waals surface area contributed by atoms with Gasteiger partial charge in [0.1, 0.15) is 17.1 Å². The third-order valence-electron chi connectivity index (χ3n) is 4.80. The summed E-state index contributed by atoms with van der Waals surface area (Å²) in [6.45, 7) is 0.126. The van der Waals surface area contributed by atoms with Crippen molar-refractivity contribution in [3.8, 4) is 5.75 Å². The second-order valence-corrected chi connectivity index (χ2v) is 6.91. The van der Waals surface area contributed by atoms with Crippen molar-refractivity contribution < 1.29 is 9.53 Å². The van der Waals surface area contributed by atoms with Crippen molar-refractivity contribution in [2.24, 2.45) is 5.41 Å². The molecule has 0 atom stereocenters. The Morgan fingerprint density at radius 2 is 2.04 bits per heavy atom. The van der Waals surface area contributed by atoms with Crippen LogP contribution in [0.1, 0.15) is 41.6 Å². The number of halogens is 2. The molecule has 0 bridgehead atoms. The molecular weight excluding hydrogens is 339 g/mol. The van der Waals surface area contributed by atoms with E-state index in [1.165, 1.54) is 11.0 Å². The summed E-state index contributed by atoms with van der Waals surface area (Å²) in [5.74, 6) is 0.595. The number of benzene rings is 1. The number of fused-ring (bicyclic) bond motifs is 1. The molecular formula is C15H14Cl2N4O2. The van der Waals surface area contributed by atoms with Gasteiger partial charge < -0.3 is 4.74 Å². The number of tetrazole rings is 1. The number of nitrogens with zero attached hydrogens (tertiary/aromatic N) is 4. The van der Waals surface area contributed by atoms with Gasteiger partial charge in [-0.1, -0.05) is 36.0 Å². The average Bonchev–Trinajstić information content (AvgIpc) is 3.25. The molecule has 4 rings (SSSR count). The molecule has 120 valence electrons. The maximum Gasteiger partial charge on any atom is 0.184 e. The van der Waals surface area contributed by atoms with Crippen LogP contribution in [0, 0.1) is 5.41 Å². The quantitative estimate of drug-likeness (QED) is 0.847. The van der Waals surface area contributed by atoms with Gasteiger partial charge in [-0.05, 0) is 41.3 Å². The standard InChI is InChI=1S/C15H14Cl2N4O2/c16-12-10(23-8-21-7-18-19-20-21)5-9-6-15(3-1-2-4-15)14(22)11(9)13(12)17/h5,7H,1-4,6,8H2. The lowest BCUT2D eigenvalue weighted by molar-refractivity contribution is 0.0827. The van der Waals surface area contributed by atoms with Gasteiger partial charge in [0.25, 0.3) is 0 Å². The number of ether oxygens (including phenoxy) is 1. The van der Waals surface area contributed by atoms with Gasteiger partial charge in [-0.15, -0.1) is 5.10 Å². The summed E-state index contributed by atoms with van der Waals surface area (Å²) in [7, 11) is 0. The number of carbonyl (C=O) groups excluding carboxylic acids is 1.